The van der Waals surface area contributed by atoms with Crippen molar-refractivity contribution in [2.24, 2.45) is 5.92 Å². The van der Waals surface area contributed by atoms with Gasteiger partial charge >= 0.3 is 0 Å². The van der Waals surface area contributed by atoms with Crippen molar-refractivity contribution < 1.29 is 0 Å². The molecular weight excluding hydrogens is 228 g/mol. The molecule has 1 rings (SSSR count). The fraction of sp³-hybridized carbons (Fsp3) is 0.750. The van der Waals surface area contributed by atoms with Crippen LogP contribution in [0.3, 0.4) is 0 Å². The van der Waals surface area contributed by atoms with Crippen molar-refractivity contribution >= 4 is 17.8 Å². The molecule has 1 heterocycles. The lowest BCUT2D eigenvalue weighted by atomic mass is 10.2. The lowest BCUT2D eigenvalue weighted by Crippen LogP contribution is -2.36. The van der Waals surface area contributed by atoms with E-state index in [1.165, 1.54) is 0 Å². The zero-order valence-corrected chi connectivity index (χ0v) is 12.2. The maximum Gasteiger partial charge on any atom is 0.232 e. The molecule has 0 atom stereocenters. The number of hydrogen-bond acceptors (Lipinski definition) is 6. The van der Waals surface area contributed by atoms with Crippen molar-refractivity contribution in [1.82, 2.24) is 15.0 Å². The molecular formula is C12H24N6. The molecule has 1 aromatic rings. The predicted molar refractivity (Wildman–Crippen MR) is 75.9 cm³/mol. The third kappa shape index (κ3) is 3.72. The topological polar surface area (TPSA) is 71.2 Å². The maximum atomic E-state index is 5.75. The maximum absolute atomic E-state index is 5.75. The van der Waals surface area contributed by atoms with E-state index >= 15 is 0 Å². The van der Waals surface area contributed by atoms with Crippen LogP contribution in [0.15, 0.2) is 0 Å². The zero-order chi connectivity index (χ0) is 13.9. The number of aromatic nitrogens is 3. The number of nitrogens with two attached hydrogens (primary N) is 1. The largest absolute Gasteiger partial charge is 0.368 e. The number of nitrogens with zero attached hydrogens (tertiary/aromatic N) is 5. The van der Waals surface area contributed by atoms with Gasteiger partial charge in [-0.3, -0.25) is 0 Å². The van der Waals surface area contributed by atoms with Crippen LogP contribution < -0.4 is 15.5 Å². The van der Waals surface area contributed by atoms with Crippen LogP contribution in [-0.2, 0) is 0 Å². The van der Waals surface area contributed by atoms with Crippen LogP contribution in [0.1, 0.15) is 27.7 Å². The van der Waals surface area contributed by atoms with Crippen molar-refractivity contribution in [2.45, 2.75) is 33.7 Å². The summed E-state index contributed by atoms with van der Waals surface area (Å²) in [7, 11) is 3.78. The fourth-order valence-corrected chi connectivity index (χ4v) is 1.61. The van der Waals surface area contributed by atoms with Gasteiger partial charge in [0.05, 0.1) is 0 Å². The van der Waals surface area contributed by atoms with Gasteiger partial charge in [0.1, 0.15) is 0 Å². The lowest BCUT2D eigenvalue weighted by molar-refractivity contribution is 0.559. The smallest absolute Gasteiger partial charge is 0.232 e. The molecule has 0 amide bonds. The molecule has 102 valence electrons. The monoisotopic (exact) mass is 252 g/mol. The molecule has 0 aliphatic rings. The number of nitrogen functional groups attached to an aromatic ring is 1. The van der Waals surface area contributed by atoms with Gasteiger partial charge in [-0.05, 0) is 19.8 Å². The number of rotatable bonds is 5. The molecule has 0 fully saturated rings. The van der Waals surface area contributed by atoms with E-state index in [2.05, 4.69) is 47.5 Å². The van der Waals surface area contributed by atoms with Crippen molar-refractivity contribution in [3.05, 3.63) is 0 Å². The first kappa shape index (κ1) is 14.5. The summed E-state index contributed by atoms with van der Waals surface area (Å²) in [5.74, 6) is 2.04. The fourth-order valence-electron chi connectivity index (χ4n) is 1.61. The molecule has 0 unspecified atom stereocenters. The lowest BCUT2D eigenvalue weighted by Gasteiger charge is -2.29. The van der Waals surface area contributed by atoms with E-state index in [-0.39, 0.29) is 5.95 Å². The van der Waals surface area contributed by atoms with Crippen LogP contribution >= 0.6 is 0 Å². The van der Waals surface area contributed by atoms with Crippen molar-refractivity contribution in [1.29, 1.82) is 0 Å². The Labute approximate surface area is 109 Å². The molecule has 18 heavy (non-hydrogen) atoms. The first-order valence-corrected chi connectivity index (χ1v) is 6.26. The van der Waals surface area contributed by atoms with Crippen molar-refractivity contribution in [3.63, 3.8) is 0 Å². The molecule has 0 bridgehead atoms. The molecule has 2 N–H and O–H groups in total. The van der Waals surface area contributed by atoms with E-state index in [4.69, 9.17) is 5.73 Å². The van der Waals surface area contributed by atoms with E-state index < -0.39 is 0 Å². The Bertz CT molecular complexity index is 388. The Balaban J connectivity index is 3.11. The van der Waals surface area contributed by atoms with Gasteiger partial charge < -0.3 is 15.5 Å². The first-order chi connectivity index (χ1) is 8.31. The highest BCUT2D eigenvalue weighted by Crippen LogP contribution is 2.17. The summed E-state index contributed by atoms with van der Waals surface area (Å²) in [4.78, 5) is 16.8. The molecule has 6 nitrogen and oxygen atoms in total. The van der Waals surface area contributed by atoms with Crippen LogP contribution in [0.4, 0.5) is 17.8 Å². The van der Waals surface area contributed by atoms with E-state index in [1.807, 2.05) is 19.0 Å². The summed E-state index contributed by atoms with van der Waals surface area (Å²) in [6.07, 6.45) is 0. The summed E-state index contributed by atoms with van der Waals surface area (Å²) < 4.78 is 0. The van der Waals surface area contributed by atoms with Crippen LogP contribution in [0.5, 0.6) is 0 Å². The third-order valence-electron chi connectivity index (χ3n) is 2.47. The van der Waals surface area contributed by atoms with Gasteiger partial charge in [-0.25, -0.2) is 0 Å². The highest BCUT2D eigenvalue weighted by Gasteiger charge is 2.17. The first-order valence-electron chi connectivity index (χ1n) is 6.26. The molecule has 0 radical (unpaired) electrons. The average molecular weight is 252 g/mol. The Kier molecular flexibility index (Phi) is 4.69. The summed E-state index contributed by atoms with van der Waals surface area (Å²) in [6, 6.07) is 0.323. The molecule has 0 saturated heterocycles. The van der Waals surface area contributed by atoms with Crippen molar-refractivity contribution in [3.8, 4) is 0 Å². The van der Waals surface area contributed by atoms with Crippen LogP contribution in [-0.4, -0.2) is 41.6 Å². The second kappa shape index (κ2) is 5.84. The second-order valence-corrected chi connectivity index (χ2v) is 5.33. The Morgan fingerprint density at radius 3 is 2.00 bits per heavy atom. The highest BCUT2D eigenvalue weighted by atomic mass is 15.3. The minimum Gasteiger partial charge on any atom is -0.368 e. The SMILES string of the molecule is CC(C)CN(c1nc(N)nc(N(C)C)n1)C(C)C. The van der Waals surface area contributed by atoms with Gasteiger partial charge in [-0.2, -0.15) is 15.0 Å². The summed E-state index contributed by atoms with van der Waals surface area (Å²) >= 11 is 0. The van der Waals surface area contributed by atoms with Crippen LogP contribution in [0, 0.1) is 5.92 Å². The third-order valence-corrected chi connectivity index (χ3v) is 2.47. The van der Waals surface area contributed by atoms with Gasteiger partial charge in [-0.1, -0.05) is 13.8 Å². The highest BCUT2D eigenvalue weighted by molar-refractivity contribution is 5.43. The normalized spacial score (nSPS) is 11.1. The van der Waals surface area contributed by atoms with Gasteiger partial charge in [0.15, 0.2) is 0 Å². The van der Waals surface area contributed by atoms with Crippen molar-refractivity contribution in [2.75, 3.05) is 36.2 Å². The molecule has 0 aliphatic carbocycles. The van der Waals surface area contributed by atoms with E-state index in [0.29, 0.717) is 23.9 Å². The zero-order valence-electron chi connectivity index (χ0n) is 12.2. The Morgan fingerprint density at radius 2 is 1.56 bits per heavy atom. The molecule has 1 aromatic heterocycles. The average Bonchev–Trinajstić information content (AvgIpc) is 2.24. The van der Waals surface area contributed by atoms with Crippen LogP contribution in [0.25, 0.3) is 0 Å². The number of anilines is 3. The van der Waals surface area contributed by atoms with E-state index in [1.54, 1.807) is 0 Å². The van der Waals surface area contributed by atoms with E-state index in [0.717, 1.165) is 6.54 Å². The minimum atomic E-state index is 0.262. The van der Waals surface area contributed by atoms with E-state index in [9.17, 15) is 0 Å². The molecule has 0 spiro atoms. The van der Waals surface area contributed by atoms with Gasteiger partial charge in [0.25, 0.3) is 0 Å². The number of hydrogen-bond donors (Lipinski definition) is 1. The standard InChI is InChI=1S/C12H24N6/c1-8(2)7-18(9(3)4)12-15-10(13)14-11(16-12)17(5)6/h8-9H,7H2,1-6H3,(H2,13,14,15,16). The van der Waals surface area contributed by atoms with Gasteiger partial charge in [-0.15, -0.1) is 0 Å². The Morgan fingerprint density at radius 1 is 1.00 bits per heavy atom. The molecule has 0 aliphatic heterocycles. The second-order valence-electron chi connectivity index (χ2n) is 5.33. The predicted octanol–water partition coefficient (Wildman–Crippen LogP) is 1.39. The van der Waals surface area contributed by atoms with Gasteiger partial charge in [0.2, 0.25) is 17.8 Å². The van der Waals surface area contributed by atoms with Gasteiger partial charge in [0, 0.05) is 26.7 Å². The quantitative estimate of drug-likeness (QED) is 0.854. The van der Waals surface area contributed by atoms with Crippen LogP contribution in [0.2, 0.25) is 0 Å². The molecule has 0 aromatic carbocycles. The molecule has 6 heteroatoms. The minimum absolute atomic E-state index is 0.262. The summed E-state index contributed by atoms with van der Waals surface area (Å²) in [6.45, 7) is 9.49. The summed E-state index contributed by atoms with van der Waals surface area (Å²) in [5, 5.41) is 0. The molecule has 0 saturated carbocycles. The Hall–Kier alpha value is -1.59. The summed E-state index contributed by atoms with van der Waals surface area (Å²) in [5.41, 5.74) is 5.75.